The molecule has 2 aromatic heterocycles. The second-order valence-electron chi connectivity index (χ2n) is 8.84. The molecule has 1 N–H and O–H groups in total. The molecule has 1 aliphatic carbocycles. The lowest BCUT2D eigenvalue weighted by Gasteiger charge is -2.13. The van der Waals surface area contributed by atoms with Crippen LogP contribution < -0.4 is 16.6 Å². The summed E-state index contributed by atoms with van der Waals surface area (Å²) in [5.41, 5.74) is 2.01. The van der Waals surface area contributed by atoms with Gasteiger partial charge in [0.15, 0.2) is 0 Å². The summed E-state index contributed by atoms with van der Waals surface area (Å²) in [5.74, 6) is 0.173. The fourth-order valence-corrected chi connectivity index (χ4v) is 4.74. The first-order valence-electron chi connectivity index (χ1n) is 11.5. The number of hydrogen-bond acceptors (Lipinski definition) is 4. The zero-order chi connectivity index (χ0) is 22.9. The van der Waals surface area contributed by atoms with E-state index in [9.17, 15) is 14.4 Å². The molecule has 170 valence electrons. The number of amides is 1. The molecule has 0 unspecified atom stereocenters. The second-order valence-corrected chi connectivity index (χ2v) is 8.84. The Bertz CT molecular complexity index is 1460. The van der Waals surface area contributed by atoms with Crippen LogP contribution in [-0.2, 0) is 17.9 Å². The normalized spacial score (nSPS) is 14.3. The summed E-state index contributed by atoms with van der Waals surface area (Å²) in [6.07, 6.45) is 4.44. The molecule has 0 aliphatic heterocycles. The molecule has 8 nitrogen and oxygen atoms in total. The molecule has 0 saturated heterocycles. The summed E-state index contributed by atoms with van der Waals surface area (Å²) in [6.45, 7) is 2.46. The number of carbonyl (C=O) groups is 1. The first kappa shape index (κ1) is 21.2. The molecule has 1 amide bonds. The Labute approximate surface area is 190 Å². The van der Waals surface area contributed by atoms with E-state index in [2.05, 4.69) is 10.4 Å². The highest BCUT2D eigenvalue weighted by Crippen LogP contribution is 2.18. The van der Waals surface area contributed by atoms with Gasteiger partial charge in [-0.05, 0) is 37.5 Å². The average Bonchev–Trinajstić information content (AvgIpc) is 3.42. The number of aryl methyl sites for hydroxylation is 2. The number of rotatable bonds is 6. The molecule has 0 atom stereocenters. The molecule has 1 saturated carbocycles. The number of fused-ring (bicyclic) bond motifs is 3. The van der Waals surface area contributed by atoms with E-state index in [1.165, 1.54) is 13.6 Å². The number of hydrogen-bond donors (Lipinski definition) is 1. The summed E-state index contributed by atoms with van der Waals surface area (Å²) in [4.78, 5) is 39.1. The second kappa shape index (κ2) is 8.69. The highest BCUT2D eigenvalue weighted by molar-refractivity contribution is 5.80. The molecule has 33 heavy (non-hydrogen) atoms. The van der Waals surface area contributed by atoms with Gasteiger partial charge in [-0.2, -0.15) is 0 Å². The molecule has 4 aromatic rings. The fourth-order valence-electron chi connectivity index (χ4n) is 4.74. The van der Waals surface area contributed by atoms with E-state index in [-0.39, 0.29) is 41.9 Å². The highest BCUT2D eigenvalue weighted by Gasteiger charge is 2.20. The van der Waals surface area contributed by atoms with Crippen molar-refractivity contribution in [2.24, 2.45) is 0 Å². The van der Waals surface area contributed by atoms with Gasteiger partial charge in [-0.25, -0.2) is 13.9 Å². The Morgan fingerprint density at radius 3 is 2.67 bits per heavy atom. The van der Waals surface area contributed by atoms with E-state index in [4.69, 9.17) is 0 Å². The third-order valence-electron chi connectivity index (χ3n) is 6.38. The molecule has 2 aromatic carbocycles. The van der Waals surface area contributed by atoms with Gasteiger partial charge in [0.25, 0.3) is 5.56 Å². The minimum Gasteiger partial charge on any atom is -0.353 e. The van der Waals surface area contributed by atoms with Crippen LogP contribution in [0.4, 0.5) is 0 Å². The predicted molar refractivity (Wildman–Crippen MR) is 127 cm³/mol. The first-order chi connectivity index (χ1) is 16.0. The van der Waals surface area contributed by atoms with Crippen molar-refractivity contribution in [1.29, 1.82) is 0 Å². The Morgan fingerprint density at radius 2 is 1.88 bits per heavy atom. The van der Waals surface area contributed by atoms with Gasteiger partial charge in [-0.1, -0.05) is 54.8 Å². The lowest BCUT2D eigenvalue weighted by molar-refractivity contribution is -0.121. The maximum atomic E-state index is 13.3. The molecular formula is C25H27N5O3. The summed E-state index contributed by atoms with van der Waals surface area (Å²) in [7, 11) is 0. The quantitative estimate of drug-likeness (QED) is 0.494. The minimum absolute atomic E-state index is 0.0818. The van der Waals surface area contributed by atoms with Gasteiger partial charge in [0.1, 0.15) is 0 Å². The summed E-state index contributed by atoms with van der Waals surface area (Å²) >= 11 is 0. The Balaban J connectivity index is 1.55. The first-order valence-corrected chi connectivity index (χ1v) is 11.5. The Hall–Kier alpha value is -3.68. The van der Waals surface area contributed by atoms with Crippen LogP contribution in [0, 0.1) is 6.92 Å². The minimum atomic E-state index is -0.313. The van der Waals surface area contributed by atoms with Gasteiger partial charge in [0, 0.05) is 19.0 Å². The predicted octanol–water partition coefficient (Wildman–Crippen LogP) is 2.62. The fraction of sp³-hybridized carbons (Fsp3) is 0.360. The zero-order valence-electron chi connectivity index (χ0n) is 18.7. The number of aromatic nitrogens is 4. The largest absolute Gasteiger partial charge is 0.353 e. The highest BCUT2D eigenvalue weighted by atomic mass is 16.2. The number of para-hydroxylation sites is 1. The van der Waals surface area contributed by atoms with Crippen molar-refractivity contribution in [3.05, 3.63) is 80.5 Å². The summed E-state index contributed by atoms with van der Waals surface area (Å²) in [5, 5.41) is 8.02. The molecule has 1 aliphatic rings. The van der Waals surface area contributed by atoms with E-state index >= 15 is 0 Å². The van der Waals surface area contributed by atoms with Gasteiger partial charge in [-0.3, -0.25) is 14.2 Å². The molecule has 2 heterocycles. The van der Waals surface area contributed by atoms with Crippen molar-refractivity contribution in [2.45, 2.75) is 58.2 Å². The van der Waals surface area contributed by atoms with Gasteiger partial charge < -0.3 is 5.32 Å². The molecule has 0 bridgehead atoms. The van der Waals surface area contributed by atoms with Gasteiger partial charge >= 0.3 is 5.69 Å². The van der Waals surface area contributed by atoms with Crippen molar-refractivity contribution >= 4 is 22.6 Å². The molecule has 0 radical (unpaired) electrons. The van der Waals surface area contributed by atoms with Crippen LogP contribution in [-0.4, -0.2) is 30.7 Å². The van der Waals surface area contributed by atoms with E-state index in [0.717, 1.165) is 36.8 Å². The maximum absolute atomic E-state index is 13.3. The van der Waals surface area contributed by atoms with Crippen LogP contribution in [0.25, 0.3) is 16.7 Å². The summed E-state index contributed by atoms with van der Waals surface area (Å²) in [6, 6.07) is 15.1. The van der Waals surface area contributed by atoms with E-state index in [1.807, 2.05) is 31.2 Å². The SMILES string of the molecule is Cc1cccc(Cn2nc3n(CCC(=O)NC4CCCC4)c(=O)c4ccccc4n3c2=O)c1. The zero-order valence-corrected chi connectivity index (χ0v) is 18.7. The average molecular weight is 446 g/mol. The number of benzene rings is 2. The molecule has 8 heteroatoms. The van der Waals surface area contributed by atoms with E-state index in [0.29, 0.717) is 17.4 Å². The molecular weight excluding hydrogens is 418 g/mol. The number of nitrogens with one attached hydrogen (secondary N) is 1. The standard InChI is InChI=1S/C25H27N5O3/c1-17-7-6-8-18(15-17)16-29-25(33)30-21-12-5-4-11-20(21)23(32)28(24(30)27-29)14-13-22(31)26-19-9-2-3-10-19/h4-8,11-12,15,19H,2-3,9-10,13-14,16H2,1H3,(H,26,31). The Kier molecular flexibility index (Phi) is 5.58. The van der Waals surface area contributed by atoms with Crippen molar-refractivity contribution in [2.75, 3.05) is 0 Å². The number of carbonyl (C=O) groups excluding carboxylic acids is 1. The molecule has 0 spiro atoms. The topological polar surface area (TPSA) is 90.4 Å². The van der Waals surface area contributed by atoms with Crippen LogP contribution in [0.1, 0.15) is 43.2 Å². The van der Waals surface area contributed by atoms with Gasteiger partial charge in [0.2, 0.25) is 11.7 Å². The van der Waals surface area contributed by atoms with Crippen molar-refractivity contribution in [1.82, 2.24) is 24.1 Å². The van der Waals surface area contributed by atoms with E-state index in [1.54, 1.807) is 24.3 Å². The van der Waals surface area contributed by atoms with Crippen LogP contribution in [0.2, 0.25) is 0 Å². The molecule has 5 rings (SSSR count). The lowest BCUT2D eigenvalue weighted by atomic mass is 10.1. The van der Waals surface area contributed by atoms with Crippen molar-refractivity contribution in [3.63, 3.8) is 0 Å². The maximum Gasteiger partial charge on any atom is 0.352 e. The smallest absolute Gasteiger partial charge is 0.352 e. The van der Waals surface area contributed by atoms with Crippen LogP contribution in [0.3, 0.4) is 0 Å². The van der Waals surface area contributed by atoms with Crippen LogP contribution in [0.15, 0.2) is 58.1 Å². The Morgan fingerprint density at radius 1 is 1.09 bits per heavy atom. The van der Waals surface area contributed by atoms with Crippen molar-refractivity contribution in [3.8, 4) is 0 Å². The third-order valence-corrected chi connectivity index (χ3v) is 6.38. The number of nitrogens with zero attached hydrogens (tertiary/aromatic N) is 4. The van der Waals surface area contributed by atoms with E-state index < -0.39 is 0 Å². The van der Waals surface area contributed by atoms with Crippen LogP contribution in [0.5, 0.6) is 0 Å². The van der Waals surface area contributed by atoms with Crippen LogP contribution >= 0.6 is 0 Å². The monoisotopic (exact) mass is 445 g/mol. The van der Waals surface area contributed by atoms with Gasteiger partial charge in [0.05, 0.1) is 17.4 Å². The summed E-state index contributed by atoms with van der Waals surface area (Å²) < 4.78 is 4.30. The lowest BCUT2D eigenvalue weighted by Crippen LogP contribution is -2.34. The van der Waals surface area contributed by atoms with Crippen molar-refractivity contribution < 1.29 is 4.79 Å². The van der Waals surface area contributed by atoms with Gasteiger partial charge in [-0.15, -0.1) is 5.10 Å². The third kappa shape index (κ3) is 4.08. The molecule has 1 fully saturated rings.